The molecule has 2 amide bonds. The van der Waals surface area contributed by atoms with Crippen LogP contribution in [-0.4, -0.2) is 21.7 Å². The number of nitrogens with one attached hydrogen (secondary N) is 4. The van der Waals surface area contributed by atoms with E-state index in [2.05, 4.69) is 20.6 Å². The van der Waals surface area contributed by atoms with Crippen molar-refractivity contribution in [2.24, 2.45) is 0 Å². The van der Waals surface area contributed by atoms with Crippen molar-refractivity contribution in [1.29, 1.82) is 5.41 Å². The van der Waals surface area contributed by atoms with Gasteiger partial charge in [0.05, 0.1) is 5.02 Å². The highest BCUT2D eigenvalue weighted by Crippen LogP contribution is 2.23. The zero-order chi connectivity index (χ0) is 21.0. The lowest BCUT2D eigenvalue weighted by Gasteiger charge is -2.13. The van der Waals surface area contributed by atoms with Crippen molar-refractivity contribution < 1.29 is 9.18 Å². The molecule has 1 aromatic carbocycles. The molecular weight excluding hydrogens is 393 g/mol. The Balaban J connectivity index is 1.72. The van der Waals surface area contributed by atoms with Gasteiger partial charge in [-0.15, -0.1) is 0 Å². The predicted molar refractivity (Wildman–Crippen MR) is 113 cm³/mol. The van der Waals surface area contributed by atoms with E-state index in [1.54, 1.807) is 32.2 Å². The molecule has 6 nitrogen and oxygen atoms in total. The molecule has 0 fully saturated rings. The molecule has 0 saturated heterocycles. The predicted octanol–water partition coefficient (Wildman–Crippen LogP) is 4.71. The van der Waals surface area contributed by atoms with Gasteiger partial charge in [0.1, 0.15) is 11.5 Å². The highest BCUT2D eigenvalue weighted by Gasteiger charge is 2.13. The summed E-state index contributed by atoms with van der Waals surface area (Å²) in [6, 6.07) is 7.35. The van der Waals surface area contributed by atoms with Crippen molar-refractivity contribution in [3.8, 4) is 0 Å². The first-order valence-corrected chi connectivity index (χ1v) is 9.37. The van der Waals surface area contributed by atoms with Gasteiger partial charge in [-0.3, -0.25) is 0 Å². The molecule has 0 radical (unpaired) electrons. The van der Waals surface area contributed by atoms with Crippen LogP contribution in [0.3, 0.4) is 0 Å². The summed E-state index contributed by atoms with van der Waals surface area (Å²) in [5, 5.41) is 15.0. The third kappa shape index (κ3) is 5.20. The highest BCUT2D eigenvalue weighted by atomic mass is 35.5. The van der Waals surface area contributed by atoms with Crippen molar-refractivity contribution in [2.75, 3.05) is 0 Å². The second-order valence-corrected chi connectivity index (χ2v) is 7.14. The topological polar surface area (TPSA) is 93.7 Å². The van der Waals surface area contributed by atoms with Gasteiger partial charge in [-0.25, -0.2) is 14.2 Å². The minimum absolute atomic E-state index is 0.269. The molecule has 0 aliphatic heterocycles. The van der Waals surface area contributed by atoms with E-state index in [1.165, 1.54) is 12.1 Å². The van der Waals surface area contributed by atoms with Gasteiger partial charge in [0.2, 0.25) is 0 Å². The molecule has 0 saturated carbocycles. The first-order chi connectivity index (χ1) is 13.8. The minimum atomic E-state index is -0.394. The summed E-state index contributed by atoms with van der Waals surface area (Å²) in [5.41, 5.74) is 4.07. The van der Waals surface area contributed by atoms with E-state index in [4.69, 9.17) is 17.0 Å². The van der Waals surface area contributed by atoms with Gasteiger partial charge in [-0.1, -0.05) is 23.7 Å². The number of fused-ring (bicyclic) bond motifs is 1. The van der Waals surface area contributed by atoms with Crippen LogP contribution in [0.2, 0.25) is 5.02 Å². The van der Waals surface area contributed by atoms with Crippen molar-refractivity contribution in [3.63, 3.8) is 0 Å². The highest BCUT2D eigenvalue weighted by molar-refractivity contribution is 6.31. The zero-order valence-electron chi connectivity index (χ0n) is 16.1. The van der Waals surface area contributed by atoms with E-state index < -0.39 is 6.03 Å². The Labute approximate surface area is 172 Å². The van der Waals surface area contributed by atoms with Gasteiger partial charge in [0, 0.05) is 42.2 Å². The average molecular weight is 414 g/mol. The number of nitrogens with zero attached hydrogens (tertiary/aromatic N) is 1. The van der Waals surface area contributed by atoms with Crippen molar-refractivity contribution in [2.45, 2.75) is 26.8 Å². The number of H-pyrrole nitrogens is 1. The number of rotatable bonds is 6. The summed E-state index contributed by atoms with van der Waals surface area (Å²) >= 11 is 6.06. The van der Waals surface area contributed by atoms with Gasteiger partial charge in [-0.05, 0) is 48.7 Å². The Morgan fingerprint density at radius 2 is 2.00 bits per heavy atom. The second kappa shape index (κ2) is 8.87. The molecule has 2 heterocycles. The number of aromatic amines is 1. The van der Waals surface area contributed by atoms with Gasteiger partial charge in [0.15, 0.2) is 0 Å². The summed E-state index contributed by atoms with van der Waals surface area (Å²) in [4.78, 5) is 19.6. The number of aromatic nitrogens is 2. The number of allylic oxidation sites excluding steroid dienone is 2. The SMILES string of the molecule is CC(=N)/C(Cc1c[nH]c2ncc(Cl)cc12)=C(/C)NC(=O)NCc1ccc(F)cc1. The van der Waals surface area contributed by atoms with E-state index in [1.807, 2.05) is 12.3 Å². The Morgan fingerprint density at radius 3 is 2.69 bits per heavy atom. The molecule has 0 aliphatic carbocycles. The smallest absolute Gasteiger partial charge is 0.319 e. The third-order valence-corrected chi connectivity index (χ3v) is 4.73. The Bertz CT molecular complexity index is 1090. The first kappa shape index (κ1) is 20.5. The fourth-order valence-corrected chi connectivity index (χ4v) is 3.15. The fraction of sp³-hybridized carbons (Fsp3) is 0.190. The number of pyridine rings is 1. The van der Waals surface area contributed by atoms with Crippen molar-refractivity contribution >= 4 is 34.4 Å². The van der Waals surface area contributed by atoms with Crippen LogP contribution in [0.15, 0.2) is 54.0 Å². The summed E-state index contributed by atoms with van der Waals surface area (Å²) < 4.78 is 13.0. The summed E-state index contributed by atoms with van der Waals surface area (Å²) in [6.07, 6.45) is 3.85. The molecule has 0 spiro atoms. The Kier molecular flexibility index (Phi) is 6.29. The van der Waals surface area contributed by atoms with Crippen LogP contribution in [0.5, 0.6) is 0 Å². The van der Waals surface area contributed by atoms with Crippen LogP contribution in [-0.2, 0) is 13.0 Å². The maximum atomic E-state index is 13.0. The number of urea groups is 1. The van der Waals surface area contributed by atoms with Crippen molar-refractivity contribution in [3.05, 3.63) is 76.0 Å². The number of benzene rings is 1. The molecule has 4 N–H and O–H groups in total. The van der Waals surface area contributed by atoms with Crippen LogP contribution in [0.25, 0.3) is 11.0 Å². The number of carbonyl (C=O) groups is 1. The number of hydrogen-bond acceptors (Lipinski definition) is 3. The molecule has 29 heavy (non-hydrogen) atoms. The molecule has 0 bridgehead atoms. The molecule has 8 heteroatoms. The number of carbonyl (C=O) groups excluding carboxylic acids is 1. The van der Waals surface area contributed by atoms with E-state index in [-0.39, 0.29) is 12.4 Å². The molecular formula is C21H21ClFN5O. The van der Waals surface area contributed by atoms with Gasteiger partial charge in [-0.2, -0.15) is 0 Å². The molecule has 3 aromatic rings. The van der Waals surface area contributed by atoms with E-state index in [0.29, 0.717) is 34.1 Å². The van der Waals surface area contributed by atoms with Crippen LogP contribution < -0.4 is 10.6 Å². The van der Waals surface area contributed by atoms with Crippen LogP contribution >= 0.6 is 11.6 Å². The second-order valence-electron chi connectivity index (χ2n) is 6.70. The Morgan fingerprint density at radius 1 is 1.28 bits per heavy atom. The maximum Gasteiger partial charge on any atom is 0.319 e. The number of halogens is 2. The van der Waals surface area contributed by atoms with E-state index in [9.17, 15) is 9.18 Å². The van der Waals surface area contributed by atoms with Crippen molar-refractivity contribution in [1.82, 2.24) is 20.6 Å². The first-order valence-electron chi connectivity index (χ1n) is 8.99. The summed E-state index contributed by atoms with van der Waals surface area (Å²) in [5.74, 6) is -0.322. The zero-order valence-corrected chi connectivity index (χ0v) is 16.8. The molecule has 0 atom stereocenters. The number of hydrogen-bond donors (Lipinski definition) is 4. The lowest BCUT2D eigenvalue weighted by Crippen LogP contribution is -2.35. The van der Waals surface area contributed by atoms with Crippen LogP contribution in [0.4, 0.5) is 9.18 Å². The van der Waals surface area contributed by atoms with Gasteiger partial charge >= 0.3 is 6.03 Å². The normalized spacial score (nSPS) is 11.9. The molecule has 2 aromatic heterocycles. The van der Waals surface area contributed by atoms with Gasteiger partial charge < -0.3 is 21.0 Å². The number of amides is 2. The Hall–Kier alpha value is -3.19. The summed E-state index contributed by atoms with van der Waals surface area (Å²) in [6.45, 7) is 3.70. The maximum absolute atomic E-state index is 13.0. The molecule has 3 rings (SSSR count). The minimum Gasteiger partial charge on any atom is -0.346 e. The quantitative estimate of drug-likeness (QED) is 0.440. The van der Waals surface area contributed by atoms with Gasteiger partial charge in [0.25, 0.3) is 0 Å². The van der Waals surface area contributed by atoms with Crippen LogP contribution in [0.1, 0.15) is 25.0 Å². The average Bonchev–Trinajstić information content (AvgIpc) is 3.07. The third-order valence-electron chi connectivity index (χ3n) is 4.52. The molecule has 0 aliphatic rings. The monoisotopic (exact) mass is 413 g/mol. The standard InChI is InChI=1S/C21H21ClFN5O/c1-12(24)18(7-15-10-25-20-19(15)8-16(22)11-26-20)13(2)28-21(29)27-9-14-3-5-17(23)6-4-14/h3-6,8,10-11,24H,7,9H2,1-2H3,(H,25,26)(H2,27,28,29)/b18-13-,24-12?. The van der Waals surface area contributed by atoms with E-state index >= 15 is 0 Å². The molecule has 150 valence electrons. The fourth-order valence-electron chi connectivity index (χ4n) is 2.99. The largest absolute Gasteiger partial charge is 0.346 e. The molecule has 0 unspecified atom stereocenters. The summed E-state index contributed by atoms with van der Waals surface area (Å²) in [7, 11) is 0. The lowest BCUT2D eigenvalue weighted by molar-refractivity contribution is 0.243. The van der Waals surface area contributed by atoms with E-state index in [0.717, 1.165) is 16.5 Å². The lowest BCUT2D eigenvalue weighted by atomic mass is 10.00. The van der Waals surface area contributed by atoms with Crippen LogP contribution in [0, 0.1) is 11.2 Å².